The molecule has 0 saturated heterocycles. The van der Waals surface area contributed by atoms with E-state index in [1.54, 1.807) is 0 Å². The van der Waals surface area contributed by atoms with Gasteiger partial charge >= 0.3 is 0 Å². The fourth-order valence-electron chi connectivity index (χ4n) is 4.39. The van der Waals surface area contributed by atoms with Crippen molar-refractivity contribution in [1.29, 1.82) is 0 Å². The van der Waals surface area contributed by atoms with Crippen molar-refractivity contribution < 1.29 is 9.26 Å². The van der Waals surface area contributed by atoms with Crippen molar-refractivity contribution in [2.45, 2.75) is 13.2 Å². The monoisotopic (exact) mass is 456 g/mol. The molecule has 4 nitrogen and oxygen atoms in total. The summed E-state index contributed by atoms with van der Waals surface area (Å²) >= 11 is 0. The van der Waals surface area contributed by atoms with E-state index >= 15 is 0 Å². The minimum atomic E-state index is 0.524. The normalized spacial score (nSPS) is 12.1. The lowest BCUT2D eigenvalue weighted by molar-refractivity contribution is 0.306. The van der Waals surface area contributed by atoms with Crippen LogP contribution in [-0.2, 0) is 13.2 Å². The van der Waals surface area contributed by atoms with E-state index in [4.69, 9.17) is 9.26 Å². The second-order valence-electron chi connectivity index (χ2n) is 8.52. The zero-order valence-electron chi connectivity index (χ0n) is 19.2. The predicted molar refractivity (Wildman–Crippen MR) is 140 cm³/mol. The molecule has 4 aromatic carbocycles. The molecule has 0 unspecified atom stereocenters. The molecule has 0 spiro atoms. The number of para-hydroxylation sites is 2. The lowest BCUT2D eigenvalue weighted by Gasteiger charge is -2.25. The van der Waals surface area contributed by atoms with E-state index in [0.29, 0.717) is 13.2 Å². The van der Waals surface area contributed by atoms with E-state index in [9.17, 15) is 0 Å². The Kier molecular flexibility index (Phi) is 5.61. The fraction of sp³-hybridized carbons (Fsp3) is 0.0645. The molecule has 6 rings (SSSR count). The predicted octanol–water partition coefficient (Wildman–Crippen LogP) is 7.74. The summed E-state index contributed by atoms with van der Waals surface area (Å²) in [6.45, 7) is 1.10. The third-order valence-corrected chi connectivity index (χ3v) is 6.15. The average molecular weight is 457 g/mol. The third-order valence-electron chi connectivity index (χ3n) is 6.15. The number of rotatable bonds is 6. The highest BCUT2D eigenvalue weighted by Gasteiger charge is 2.20. The molecule has 1 aromatic heterocycles. The topological polar surface area (TPSA) is 38.5 Å². The van der Waals surface area contributed by atoms with Gasteiger partial charge in [-0.15, -0.1) is 0 Å². The number of fused-ring (bicyclic) bond motifs is 2. The average Bonchev–Trinajstić information content (AvgIpc) is 3.33. The quantitative estimate of drug-likeness (QED) is 0.262. The summed E-state index contributed by atoms with van der Waals surface area (Å²) < 4.78 is 11.8. The van der Waals surface area contributed by atoms with Crippen molar-refractivity contribution in [3.05, 3.63) is 132 Å². The highest BCUT2D eigenvalue weighted by molar-refractivity contribution is 5.88. The number of aromatic nitrogens is 1. The second-order valence-corrected chi connectivity index (χ2v) is 8.52. The molecule has 2 heterocycles. The van der Waals surface area contributed by atoms with Crippen LogP contribution in [0.25, 0.3) is 23.4 Å². The molecule has 0 saturated carbocycles. The Labute approximate surface area is 204 Å². The Hall–Kier alpha value is -4.57. The van der Waals surface area contributed by atoms with Crippen LogP contribution in [0.15, 0.2) is 114 Å². The second kappa shape index (κ2) is 9.35. The maximum absolute atomic E-state index is 6.00. The standard InChI is InChI=1S/C31H24N2O2/c1-2-9-23(10-3-1)22-34-27-14-8-13-26(19-27)29-20-28(35-32-29)21-33-30-15-6-4-11-24(30)17-18-25-12-5-7-16-31(25)33/h1-20H,21-22H2. The number of anilines is 2. The van der Waals surface area contributed by atoms with Crippen LogP contribution in [0.2, 0.25) is 0 Å². The maximum atomic E-state index is 6.00. The largest absolute Gasteiger partial charge is 0.489 e. The molecule has 170 valence electrons. The molecule has 1 aliphatic rings. The van der Waals surface area contributed by atoms with Crippen LogP contribution >= 0.6 is 0 Å². The molecule has 0 N–H and O–H groups in total. The summed E-state index contributed by atoms with van der Waals surface area (Å²) in [6, 6.07) is 37.0. The van der Waals surface area contributed by atoms with Crippen molar-refractivity contribution in [3.63, 3.8) is 0 Å². The van der Waals surface area contributed by atoms with Gasteiger partial charge in [-0.3, -0.25) is 0 Å². The molecule has 0 amide bonds. The van der Waals surface area contributed by atoms with Crippen LogP contribution in [0, 0.1) is 0 Å². The van der Waals surface area contributed by atoms with Gasteiger partial charge in [0.1, 0.15) is 18.1 Å². The van der Waals surface area contributed by atoms with E-state index in [-0.39, 0.29) is 0 Å². The number of nitrogens with zero attached hydrogens (tertiary/aromatic N) is 2. The summed E-state index contributed by atoms with van der Waals surface area (Å²) in [5, 5.41) is 4.37. The van der Waals surface area contributed by atoms with E-state index < -0.39 is 0 Å². The summed E-state index contributed by atoms with van der Waals surface area (Å²) in [4.78, 5) is 2.29. The van der Waals surface area contributed by atoms with Gasteiger partial charge in [0.15, 0.2) is 5.76 Å². The number of benzene rings is 4. The van der Waals surface area contributed by atoms with E-state index in [1.165, 1.54) is 11.1 Å². The first-order chi connectivity index (χ1) is 17.3. The third kappa shape index (κ3) is 4.46. The van der Waals surface area contributed by atoms with Crippen LogP contribution in [-0.4, -0.2) is 5.16 Å². The van der Waals surface area contributed by atoms with Gasteiger partial charge < -0.3 is 14.2 Å². The van der Waals surface area contributed by atoms with Gasteiger partial charge in [0, 0.05) is 23.0 Å². The van der Waals surface area contributed by atoms with E-state index in [1.807, 2.05) is 48.5 Å². The van der Waals surface area contributed by atoms with Crippen LogP contribution < -0.4 is 9.64 Å². The molecule has 4 heteroatoms. The number of hydrogen-bond donors (Lipinski definition) is 0. The smallest absolute Gasteiger partial charge is 0.157 e. The minimum Gasteiger partial charge on any atom is -0.489 e. The number of hydrogen-bond acceptors (Lipinski definition) is 4. The van der Waals surface area contributed by atoms with Gasteiger partial charge in [-0.1, -0.05) is 96.2 Å². The van der Waals surface area contributed by atoms with Crippen LogP contribution in [0.3, 0.4) is 0 Å². The highest BCUT2D eigenvalue weighted by Crippen LogP contribution is 2.37. The van der Waals surface area contributed by atoms with Crippen LogP contribution in [0.5, 0.6) is 5.75 Å². The van der Waals surface area contributed by atoms with Crippen molar-refractivity contribution in [2.75, 3.05) is 4.90 Å². The van der Waals surface area contributed by atoms with Crippen molar-refractivity contribution in [2.24, 2.45) is 0 Å². The molecule has 0 radical (unpaired) electrons. The maximum Gasteiger partial charge on any atom is 0.157 e. The summed E-state index contributed by atoms with van der Waals surface area (Å²) in [5.41, 5.74) is 7.52. The fourth-order valence-corrected chi connectivity index (χ4v) is 4.39. The molecular formula is C31H24N2O2. The first-order valence-electron chi connectivity index (χ1n) is 11.7. The molecule has 35 heavy (non-hydrogen) atoms. The van der Waals surface area contributed by atoms with Gasteiger partial charge in [-0.05, 0) is 41.0 Å². The van der Waals surface area contributed by atoms with Gasteiger partial charge in [0.2, 0.25) is 0 Å². The molecule has 5 aromatic rings. The summed E-state index contributed by atoms with van der Waals surface area (Å²) in [5.74, 6) is 1.60. The Morgan fingerprint density at radius 3 is 2.11 bits per heavy atom. The van der Waals surface area contributed by atoms with Crippen molar-refractivity contribution >= 4 is 23.5 Å². The molecule has 0 atom stereocenters. The van der Waals surface area contributed by atoms with Gasteiger partial charge in [0.05, 0.1) is 6.54 Å². The molecule has 0 bridgehead atoms. The first-order valence-corrected chi connectivity index (χ1v) is 11.7. The van der Waals surface area contributed by atoms with Crippen molar-refractivity contribution in [1.82, 2.24) is 5.16 Å². The van der Waals surface area contributed by atoms with Gasteiger partial charge in [-0.2, -0.15) is 0 Å². The summed E-state index contributed by atoms with van der Waals surface area (Å²) in [7, 11) is 0. The van der Waals surface area contributed by atoms with Crippen LogP contribution in [0.1, 0.15) is 22.5 Å². The lowest BCUT2D eigenvalue weighted by Crippen LogP contribution is -2.17. The SMILES string of the molecule is C1=Cc2ccccc2N(Cc2cc(-c3cccc(OCc4ccccc4)c3)no2)c2ccccc21. The molecule has 0 aliphatic carbocycles. The molecular weight excluding hydrogens is 432 g/mol. The Morgan fingerprint density at radius 1 is 0.686 bits per heavy atom. The highest BCUT2D eigenvalue weighted by atomic mass is 16.5. The van der Waals surface area contributed by atoms with Crippen LogP contribution in [0.4, 0.5) is 11.4 Å². The Bertz CT molecular complexity index is 1440. The van der Waals surface area contributed by atoms with Gasteiger partial charge in [0.25, 0.3) is 0 Å². The van der Waals surface area contributed by atoms with E-state index in [0.717, 1.165) is 39.7 Å². The van der Waals surface area contributed by atoms with Gasteiger partial charge in [-0.25, -0.2) is 0 Å². The zero-order chi connectivity index (χ0) is 23.5. The van der Waals surface area contributed by atoms with E-state index in [2.05, 4.69) is 82.9 Å². The zero-order valence-corrected chi connectivity index (χ0v) is 19.2. The summed E-state index contributed by atoms with van der Waals surface area (Å²) in [6.07, 6.45) is 4.34. The number of ether oxygens (including phenoxy) is 1. The molecule has 0 fully saturated rings. The lowest BCUT2D eigenvalue weighted by atomic mass is 10.1. The Balaban J connectivity index is 1.25. The first kappa shape index (κ1) is 21.0. The Morgan fingerprint density at radius 2 is 1.37 bits per heavy atom. The minimum absolute atomic E-state index is 0.524. The van der Waals surface area contributed by atoms with Crippen molar-refractivity contribution in [3.8, 4) is 17.0 Å². The molecule has 1 aliphatic heterocycles.